The lowest BCUT2D eigenvalue weighted by Crippen LogP contribution is -2.35. The van der Waals surface area contributed by atoms with Crippen LogP contribution >= 0.6 is 0 Å². The maximum atomic E-state index is 8.98. The molecule has 2 fully saturated rings. The standard InChI is InChI=1S/C10H17NO/c1-9(2)7-4-5-10(3,6-7)8(9)11-12/h7,12H,4-6H2,1-3H3/b11-8+/t7-,10+/m1/s1. The molecule has 2 rings (SSSR count). The van der Waals surface area contributed by atoms with Crippen molar-refractivity contribution < 1.29 is 5.21 Å². The molecule has 12 heavy (non-hydrogen) atoms. The van der Waals surface area contributed by atoms with Crippen molar-refractivity contribution in [2.24, 2.45) is 21.9 Å². The summed E-state index contributed by atoms with van der Waals surface area (Å²) < 4.78 is 0. The van der Waals surface area contributed by atoms with Crippen molar-refractivity contribution in [2.75, 3.05) is 0 Å². The SMILES string of the molecule is CC1(C)/C(=N\O)[C@@]2(C)CC[C@@H]1C2. The highest BCUT2D eigenvalue weighted by atomic mass is 16.4. The summed E-state index contributed by atoms with van der Waals surface area (Å²) in [5.74, 6) is 0.744. The molecular weight excluding hydrogens is 150 g/mol. The van der Waals surface area contributed by atoms with Crippen molar-refractivity contribution in [2.45, 2.75) is 40.0 Å². The fraction of sp³-hybridized carbons (Fsp3) is 0.900. The van der Waals surface area contributed by atoms with Crippen LogP contribution in [-0.2, 0) is 0 Å². The van der Waals surface area contributed by atoms with Gasteiger partial charge < -0.3 is 5.21 Å². The van der Waals surface area contributed by atoms with Crippen LogP contribution in [0.25, 0.3) is 0 Å². The van der Waals surface area contributed by atoms with E-state index in [1.54, 1.807) is 0 Å². The van der Waals surface area contributed by atoms with E-state index in [2.05, 4.69) is 25.9 Å². The number of fused-ring (bicyclic) bond motifs is 2. The molecule has 0 aromatic heterocycles. The van der Waals surface area contributed by atoms with E-state index in [0.29, 0.717) is 0 Å². The average molecular weight is 167 g/mol. The largest absolute Gasteiger partial charge is 0.411 e. The van der Waals surface area contributed by atoms with E-state index < -0.39 is 0 Å². The minimum atomic E-state index is 0.141. The third-order valence-electron chi connectivity index (χ3n) is 4.04. The molecule has 2 aliphatic rings. The first kappa shape index (κ1) is 8.09. The number of oxime groups is 1. The monoisotopic (exact) mass is 167 g/mol. The molecule has 0 aromatic carbocycles. The second kappa shape index (κ2) is 2.04. The van der Waals surface area contributed by atoms with Crippen LogP contribution in [0.4, 0.5) is 0 Å². The van der Waals surface area contributed by atoms with E-state index in [0.717, 1.165) is 11.6 Å². The molecule has 0 unspecified atom stereocenters. The summed E-state index contributed by atoms with van der Waals surface area (Å²) in [5, 5.41) is 12.5. The Kier molecular flexibility index (Phi) is 1.37. The van der Waals surface area contributed by atoms with Gasteiger partial charge in [0, 0.05) is 10.8 Å². The van der Waals surface area contributed by atoms with Crippen LogP contribution in [0, 0.1) is 16.7 Å². The molecule has 2 heteroatoms. The number of rotatable bonds is 0. The minimum Gasteiger partial charge on any atom is -0.411 e. The molecule has 0 saturated heterocycles. The van der Waals surface area contributed by atoms with Gasteiger partial charge in [0.05, 0.1) is 5.71 Å². The zero-order valence-corrected chi connectivity index (χ0v) is 8.09. The Labute approximate surface area is 73.7 Å². The van der Waals surface area contributed by atoms with Crippen LogP contribution in [0.15, 0.2) is 5.16 Å². The topological polar surface area (TPSA) is 32.6 Å². The van der Waals surface area contributed by atoms with E-state index in [1.165, 1.54) is 19.3 Å². The predicted molar refractivity (Wildman–Crippen MR) is 48.5 cm³/mol. The molecule has 2 aliphatic carbocycles. The molecule has 68 valence electrons. The van der Waals surface area contributed by atoms with Gasteiger partial charge in [0.2, 0.25) is 0 Å². The Hall–Kier alpha value is -0.530. The smallest absolute Gasteiger partial charge is 0.0688 e. The van der Waals surface area contributed by atoms with Gasteiger partial charge in [0.25, 0.3) is 0 Å². The highest BCUT2D eigenvalue weighted by Crippen LogP contribution is 2.60. The fourth-order valence-electron chi connectivity index (χ4n) is 3.29. The fourth-order valence-corrected chi connectivity index (χ4v) is 3.29. The first-order valence-corrected chi connectivity index (χ1v) is 4.74. The number of nitrogens with zero attached hydrogens (tertiary/aromatic N) is 1. The zero-order valence-electron chi connectivity index (χ0n) is 8.09. The maximum absolute atomic E-state index is 8.98. The molecule has 1 N–H and O–H groups in total. The number of hydrogen-bond acceptors (Lipinski definition) is 2. The molecule has 2 nitrogen and oxygen atoms in total. The van der Waals surface area contributed by atoms with Crippen molar-refractivity contribution in [1.82, 2.24) is 0 Å². The minimum absolute atomic E-state index is 0.141. The third kappa shape index (κ3) is 0.732. The van der Waals surface area contributed by atoms with Crippen LogP contribution in [0.2, 0.25) is 0 Å². The lowest BCUT2D eigenvalue weighted by Gasteiger charge is -2.33. The maximum Gasteiger partial charge on any atom is 0.0688 e. The molecule has 0 aromatic rings. The molecule has 2 atom stereocenters. The molecule has 2 saturated carbocycles. The lowest BCUT2D eigenvalue weighted by molar-refractivity contribution is 0.279. The Balaban J connectivity index is 2.45. The summed E-state index contributed by atoms with van der Waals surface area (Å²) in [6.45, 7) is 6.64. The Morgan fingerprint density at radius 1 is 1.42 bits per heavy atom. The van der Waals surface area contributed by atoms with Crippen molar-refractivity contribution in [3.63, 3.8) is 0 Å². The van der Waals surface area contributed by atoms with E-state index >= 15 is 0 Å². The normalized spacial score (nSPS) is 47.2. The van der Waals surface area contributed by atoms with Crippen LogP contribution in [-0.4, -0.2) is 10.9 Å². The van der Waals surface area contributed by atoms with Gasteiger partial charge >= 0.3 is 0 Å². The second-order valence-corrected chi connectivity index (χ2v) is 5.17. The van der Waals surface area contributed by atoms with Gasteiger partial charge in [0.15, 0.2) is 0 Å². The van der Waals surface area contributed by atoms with Crippen LogP contribution < -0.4 is 0 Å². The van der Waals surface area contributed by atoms with E-state index in [-0.39, 0.29) is 10.8 Å². The highest BCUT2D eigenvalue weighted by Gasteiger charge is 2.57. The Morgan fingerprint density at radius 3 is 2.42 bits per heavy atom. The predicted octanol–water partition coefficient (Wildman–Crippen LogP) is 2.66. The second-order valence-electron chi connectivity index (χ2n) is 5.17. The first-order valence-electron chi connectivity index (χ1n) is 4.74. The van der Waals surface area contributed by atoms with Gasteiger partial charge in [0.1, 0.15) is 0 Å². The Bertz CT molecular complexity index is 237. The van der Waals surface area contributed by atoms with E-state index in [1.807, 2.05) is 0 Å². The summed E-state index contributed by atoms with van der Waals surface area (Å²) in [5.41, 5.74) is 1.39. The molecule has 2 bridgehead atoms. The van der Waals surface area contributed by atoms with E-state index in [4.69, 9.17) is 5.21 Å². The van der Waals surface area contributed by atoms with Crippen LogP contribution in [0.1, 0.15) is 40.0 Å². The lowest BCUT2D eigenvalue weighted by atomic mass is 9.71. The van der Waals surface area contributed by atoms with Crippen LogP contribution in [0.3, 0.4) is 0 Å². The van der Waals surface area contributed by atoms with Crippen molar-refractivity contribution in [1.29, 1.82) is 0 Å². The van der Waals surface area contributed by atoms with Gasteiger partial charge in [-0.25, -0.2) is 0 Å². The molecule has 0 spiro atoms. The first-order chi connectivity index (χ1) is 5.50. The summed E-state index contributed by atoms with van der Waals surface area (Å²) in [4.78, 5) is 0. The highest BCUT2D eigenvalue weighted by molar-refractivity contribution is 5.97. The van der Waals surface area contributed by atoms with Crippen LogP contribution in [0.5, 0.6) is 0 Å². The quantitative estimate of drug-likeness (QED) is 0.436. The van der Waals surface area contributed by atoms with Crippen molar-refractivity contribution in [3.05, 3.63) is 0 Å². The van der Waals surface area contributed by atoms with Crippen molar-refractivity contribution >= 4 is 5.71 Å². The third-order valence-corrected chi connectivity index (χ3v) is 4.04. The van der Waals surface area contributed by atoms with Gasteiger partial charge in [-0.1, -0.05) is 25.9 Å². The molecule has 0 heterocycles. The van der Waals surface area contributed by atoms with Gasteiger partial charge in [-0.15, -0.1) is 0 Å². The van der Waals surface area contributed by atoms with Crippen molar-refractivity contribution in [3.8, 4) is 0 Å². The Morgan fingerprint density at radius 2 is 2.08 bits per heavy atom. The molecular formula is C10H17NO. The summed E-state index contributed by atoms with van der Waals surface area (Å²) in [6.07, 6.45) is 3.74. The summed E-state index contributed by atoms with van der Waals surface area (Å²) in [6, 6.07) is 0. The van der Waals surface area contributed by atoms with Gasteiger partial charge in [-0.3, -0.25) is 0 Å². The molecule has 0 aliphatic heterocycles. The van der Waals surface area contributed by atoms with E-state index in [9.17, 15) is 0 Å². The number of hydrogen-bond donors (Lipinski definition) is 1. The molecule has 0 amide bonds. The van der Waals surface area contributed by atoms with Gasteiger partial charge in [-0.05, 0) is 25.2 Å². The average Bonchev–Trinajstić information content (AvgIpc) is 2.39. The van der Waals surface area contributed by atoms with Gasteiger partial charge in [-0.2, -0.15) is 0 Å². The molecule has 0 radical (unpaired) electrons. The summed E-state index contributed by atoms with van der Waals surface area (Å²) in [7, 11) is 0. The zero-order chi connectivity index (χ0) is 8.98. The summed E-state index contributed by atoms with van der Waals surface area (Å²) >= 11 is 0.